The number of alkyl halides is 3. The normalized spacial score (nSPS) is 19.8. The van der Waals surface area contributed by atoms with Crippen molar-refractivity contribution < 1.29 is 26.3 Å². The highest BCUT2D eigenvalue weighted by Gasteiger charge is 2.31. The van der Waals surface area contributed by atoms with Crippen molar-refractivity contribution in [2.24, 2.45) is 5.92 Å². The highest BCUT2D eigenvalue weighted by atomic mass is 32.2. The van der Waals surface area contributed by atoms with Gasteiger partial charge in [-0.1, -0.05) is 13.0 Å². The van der Waals surface area contributed by atoms with Crippen LogP contribution in [0.25, 0.3) is 0 Å². The van der Waals surface area contributed by atoms with E-state index in [4.69, 9.17) is 0 Å². The SMILES string of the molecule is C[C@H]1CCCN(CCCNS(=O)(=O)c2cccc(OC(F)(F)F)c2)C1. The van der Waals surface area contributed by atoms with Gasteiger partial charge in [-0.15, -0.1) is 13.2 Å². The molecule has 0 unspecified atom stereocenters. The van der Waals surface area contributed by atoms with Gasteiger partial charge in [0.25, 0.3) is 0 Å². The number of hydrogen-bond acceptors (Lipinski definition) is 4. The number of benzene rings is 1. The smallest absolute Gasteiger partial charge is 0.406 e. The van der Waals surface area contributed by atoms with Crippen LogP contribution in [-0.2, 0) is 10.0 Å². The van der Waals surface area contributed by atoms with Crippen LogP contribution >= 0.6 is 0 Å². The van der Waals surface area contributed by atoms with Gasteiger partial charge in [-0.2, -0.15) is 0 Å². The summed E-state index contributed by atoms with van der Waals surface area (Å²) in [7, 11) is -3.87. The van der Waals surface area contributed by atoms with Crippen molar-refractivity contribution in [3.63, 3.8) is 0 Å². The van der Waals surface area contributed by atoms with Crippen molar-refractivity contribution in [2.75, 3.05) is 26.2 Å². The zero-order valence-electron chi connectivity index (χ0n) is 14.1. The van der Waals surface area contributed by atoms with E-state index in [-0.39, 0.29) is 11.4 Å². The minimum atomic E-state index is -4.86. The van der Waals surface area contributed by atoms with Crippen molar-refractivity contribution in [1.82, 2.24) is 9.62 Å². The summed E-state index contributed by atoms with van der Waals surface area (Å²) in [6.07, 6.45) is -1.84. The molecule has 1 aromatic rings. The maximum atomic E-state index is 12.2. The minimum absolute atomic E-state index is 0.234. The van der Waals surface area contributed by atoms with Crippen molar-refractivity contribution in [2.45, 2.75) is 37.4 Å². The number of nitrogens with one attached hydrogen (secondary N) is 1. The molecule has 0 saturated carbocycles. The second kappa shape index (κ2) is 8.37. The highest BCUT2D eigenvalue weighted by molar-refractivity contribution is 7.89. The Hall–Kier alpha value is -1.32. The Morgan fingerprint density at radius 3 is 2.80 bits per heavy atom. The van der Waals surface area contributed by atoms with Gasteiger partial charge < -0.3 is 9.64 Å². The Morgan fingerprint density at radius 1 is 1.36 bits per heavy atom. The van der Waals surface area contributed by atoms with Crippen molar-refractivity contribution >= 4 is 10.0 Å². The summed E-state index contributed by atoms with van der Waals surface area (Å²) in [5.74, 6) is 0.0968. The van der Waals surface area contributed by atoms with Crippen LogP contribution < -0.4 is 9.46 Å². The molecular formula is C16H23F3N2O3S. The molecule has 0 aromatic heterocycles. The first-order valence-corrected chi connectivity index (χ1v) is 9.72. The number of sulfonamides is 1. The van der Waals surface area contributed by atoms with Gasteiger partial charge in [0.1, 0.15) is 5.75 Å². The average molecular weight is 380 g/mol. The van der Waals surface area contributed by atoms with Gasteiger partial charge in [-0.05, 0) is 50.4 Å². The quantitative estimate of drug-likeness (QED) is 0.739. The Morgan fingerprint density at radius 2 is 2.12 bits per heavy atom. The van der Waals surface area contributed by atoms with Crippen LogP contribution in [0.15, 0.2) is 29.2 Å². The van der Waals surface area contributed by atoms with Gasteiger partial charge in [0, 0.05) is 19.2 Å². The second-order valence-corrected chi connectivity index (χ2v) is 8.09. The molecule has 142 valence electrons. The first-order chi connectivity index (χ1) is 11.7. The average Bonchev–Trinajstić information content (AvgIpc) is 2.50. The number of likely N-dealkylation sites (tertiary alicyclic amines) is 1. The van der Waals surface area contributed by atoms with Crippen LogP contribution in [0, 0.1) is 5.92 Å². The molecule has 0 amide bonds. The number of nitrogens with zero attached hydrogens (tertiary/aromatic N) is 1. The Balaban J connectivity index is 1.85. The van der Waals surface area contributed by atoms with E-state index in [0.29, 0.717) is 12.3 Å². The monoisotopic (exact) mass is 380 g/mol. The number of rotatable bonds is 7. The van der Waals surface area contributed by atoms with E-state index < -0.39 is 22.1 Å². The molecule has 1 atom stereocenters. The molecule has 0 radical (unpaired) electrons. The first kappa shape index (κ1) is 20.0. The molecule has 1 saturated heterocycles. The lowest BCUT2D eigenvalue weighted by Crippen LogP contribution is -2.36. The predicted octanol–water partition coefficient (Wildman–Crippen LogP) is 2.99. The molecule has 0 spiro atoms. The first-order valence-electron chi connectivity index (χ1n) is 8.23. The summed E-state index contributed by atoms with van der Waals surface area (Å²) >= 11 is 0. The third-order valence-electron chi connectivity index (χ3n) is 4.03. The molecule has 5 nitrogen and oxygen atoms in total. The maximum Gasteiger partial charge on any atom is 0.573 e. The molecule has 1 aliphatic heterocycles. The predicted molar refractivity (Wildman–Crippen MR) is 87.8 cm³/mol. The van der Waals surface area contributed by atoms with E-state index in [1.807, 2.05) is 0 Å². The maximum absolute atomic E-state index is 12.2. The lowest BCUT2D eigenvalue weighted by atomic mass is 10.0. The van der Waals surface area contributed by atoms with Gasteiger partial charge in [-0.3, -0.25) is 0 Å². The number of piperidine rings is 1. The third-order valence-corrected chi connectivity index (χ3v) is 5.49. The molecule has 0 aliphatic carbocycles. The van der Waals surface area contributed by atoms with Gasteiger partial charge in [0.05, 0.1) is 4.90 Å². The van der Waals surface area contributed by atoms with E-state index in [0.717, 1.165) is 38.2 Å². The van der Waals surface area contributed by atoms with Crippen LogP contribution in [0.2, 0.25) is 0 Å². The molecule has 2 rings (SSSR count). The number of ether oxygens (including phenoxy) is 1. The molecular weight excluding hydrogens is 357 g/mol. The Bertz CT molecular complexity index is 665. The van der Waals surface area contributed by atoms with Gasteiger partial charge in [-0.25, -0.2) is 13.1 Å². The molecule has 1 aliphatic rings. The molecule has 1 aromatic carbocycles. The van der Waals surface area contributed by atoms with Crippen LogP contribution in [0.1, 0.15) is 26.2 Å². The fourth-order valence-corrected chi connectivity index (χ4v) is 4.03. The lowest BCUT2D eigenvalue weighted by molar-refractivity contribution is -0.274. The molecule has 25 heavy (non-hydrogen) atoms. The van der Waals surface area contributed by atoms with Crippen molar-refractivity contribution in [3.8, 4) is 5.75 Å². The fraction of sp³-hybridized carbons (Fsp3) is 0.625. The summed E-state index contributed by atoms with van der Waals surface area (Å²) in [6.45, 7) is 5.27. The lowest BCUT2D eigenvalue weighted by Gasteiger charge is -2.30. The van der Waals surface area contributed by atoms with Gasteiger partial charge in [0.15, 0.2) is 0 Å². The van der Waals surface area contributed by atoms with Crippen LogP contribution in [-0.4, -0.2) is 45.9 Å². The topological polar surface area (TPSA) is 58.6 Å². The Labute approximate surface area is 146 Å². The van der Waals surface area contributed by atoms with Gasteiger partial charge >= 0.3 is 6.36 Å². The summed E-state index contributed by atoms with van der Waals surface area (Å²) in [4.78, 5) is 2.06. The van der Waals surface area contributed by atoms with E-state index in [1.54, 1.807) is 0 Å². The summed E-state index contributed by atoms with van der Waals surface area (Å²) in [5, 5.41) is 0. The third kappa shape index (κ3) is 6.83. The van der Waals surface area contributed by atoms with Crippen LogP contribution in [0.5, 0.6) is 5.75 Å². The summed E-state index contributed by atoms with van der Waals surface area (Å²) < 4.78 is 67.3. The van der Waals surface area contributed by atoms with E-state index in [1.165, 1.54) is 18.6 Å². The van der Waals surface area contributed by atoms with Crippen molar-refractivity contribution in [1.29, 1.82) is 0 Å². The molecule has 1 N–H and O–H groups in total. The van der Waals surface area contributed by atoms with Crippen molar-refractivity contribution in [3.05, 3.63) is 24.3 Å². The largest absolute Gasteiger partial charge is 0.573 e. The van der Waals surface area contributed by atoms with Gasteiger partial charge in [0.2, 0.25) is 10.0 Å². The zero-order chi connectivity index (χ0) is 18.5. The second-order valence-electron chi connectivity index (χ2n) is 6.32. The van der Waals surface area contributed by atoms with E-state index >= 15 is 0 Å². The number of hydrogen-bond donors (Lipinski definition) is 1. The van der Waals surface area contributed by atoms with Crippen LogP contribution in [0.4, 0.5) is 13.2 Å². The number of halogens is 3. The molecule has 9 heteroatoms. The summed E-state index contributed by atoms with van der Waals surface area (Å²) in [5.41, 5.74) is 0. The fourth-order valence-electron chi connectivity index (χ4n) is 2.92. The Kier molecular flexibility index (Phi) is 6.70. The zero-order valence-corrected chi connectivity index (χ0v) is 14.9. The molecule has 1 fully saturated rings. The highest BCUT2D eigenvalue weighted by Crippen LogP contribution is 2.24. The van der Waals surface area contributed by atoms with E-state index in [9.17, 15) is 21.6 Å². The van der Waals surface area contributed by atoms with Crippen LogP contribution in [0.3, 0.4) is 0 Å². The molecule has 0 bridgehead atoms. The van der Waals surface area contributed by atoms with E-state index in [2.05, 4.69) is 21.3 Å². The minimum Gasteiger partial charge on any atom is -0.406 e. The summed E-state index contributed by atoms with van der Waals surface area (Å²) in [6, 6.07) is 4.37. The molecule has 1 heterocycles. The standard InChI is InChI=1S/C16H23F3N2O3S/c1-13-5-3-9-21(12-13)10-4-8-20-25(22,23)15-7-2-6-14(11-15)24-16(17,18)19/h2,6-7,11,13,20H,3-5,8-10,12H2,1H3/t13-/m0/s1.